The summed E-state index contributed by atoms with van der Waals surface area (Å²) in [5.41, 5.74) is 3.56. The van der Waals surface area contributed by atoms with E-state index in [0.717, 1.165) is 49.2 Å². The third-order valence-electron chi connectivity index (χ3n) is 8.47. The SMILES string of the molecule is CC(=O)CC[N+]1(CC=Cc2ccccc2)CCC2(CC1)CN(C(=O)c1ccc([N+](=O)[O-])cc1)c1ccccc12. The highest BCUT2D eigenvalue weighted by Gasteiger charge is 2.50. The molecule has 0 saturated carbocycles. The van der Waals surface area contributed by atoms with Crippen molar-refractivity contribution >= 4 is 29.1 Å². The molecule has 1 amide bonds. The minimum atomic E-state index is -0.456. The number of piperidine rings is 1. The second-order valence-electron chi connectivity index (χ2n) is 11.0. The summed E-state index contributed by atoms with van der Waals surface area (Å²) < 4.78 is 0.864. The zero-order valence-electron chi connectivity index (χ0n) is 22.3. The zero-order valence-corrected chi connectivity index (χ0v) is 22.3. The lowest BCUT2D eigenvalue weighted by Crippen LogP contribution is -2.58. The van der Waals surface area contributed by atoms with Crippen molar-refractivity contribution in [3.8, 4) is 0 Å². The first-order chi connectivity index (χ1) is 18.8. The van der Waals surface area contributed by atoms with E-state index in [4.69, 9.17) is 0 Å². The van der Waals surface area contributed by atoms with Gasteiger partial charge in [-0.05, 0) is 42.3 Å². The minimum absolute atomic E-state index is 0.0295. The van der Waals surface area contributed by atoms with Crippen LogP contribution in [0.5, 0.6) is 0 Å². The van der Waals surface area contributed by atoms with Crippen molar-refractivity contribution in [3.63, 3.8) is 0 Å². The highest BCUT2D eigenvalue weighted by molar-refractivity contribution is 6.07. The molecule has 0 aliphatic carbocycles. The summed E-state index contributed by atoms with van der Waals surface area (Å²) in [5.74, 6) is 0.0776. The van der Waals surface area contributed by atoms with Crippen LogP contribution in [0.2, 0.25) is 0 Å². The van der Waals surface area contributed by atoms with E-state index < -0.39 is 4.92 Å². The predicted molar refractivity (Wildman–Crippen MR) is 153 cm³/mol. The molecule has 2 aliphatic rings. The Labute approximate surface area is 229 Å². The molecule has 5 rings (SSSR count). The van der Waals surface area contributed by atoms with Crippen molar-refractivity contribution < 1.29 is 19.0 Å². The molecular weight excluding hydrogens is 490 g/mol. The first-order valence-corrected chi connectivity index (χ1v) is 13.5. The van der Waals surface area contributed by atoms with E-state index in [2.05, 4.69) is 30.4 Å². The summed E-state index contributed by atoms with van der Waals surface area (Å²) in [6.07, 6.45) is 6.80. The normalized spacial score (nSPS) is 22.2. The summed E-state index contributed by atoms with van der Waals surface area (Å²) in [7, 11) is 0. The van der Waals surface area contributed by atoms with Crippen LogP contribution in [-0.4, -0.2) is 53.8 Å². The van der Waals surface area contributed by atoms with Crippen molar-refractivity contribution in [1.82, 2.24) is 0 Å². The van der Waals surface area contributed by atoms with Gasteiger partial charge in [0.15, 0.2) is 0 Å². The third-order valence-corrected chi connectivity index (χ3v) is 8.47. The van der Waals surface area contributed by atoms with Crippen LogP contribution in [0.1, 0.15) is 47.7 Å². The van der Waals surface area contributed by atoms with Gasteiger partial charge in [0.25, 0.3) is 11.6 Å². The number of nitro benzene ring substituents is 1. The topological polar surface area (TPSA) is 80.5 Å². The van der Waals surface area contributed by atoms with E-state index in [9.17, 15) is 19.7 Å². The molecule has 1 fully saturated rings. The summed E-state index contributed by atoms with van der Waals surface area (Å²) in [5, 5.41) is 11.1. The maximum atomic E-state index is 13.6. The molecule has 0 unspecified atom stereocenters. The van der Waals surface area contributed by atoms with Crippen LogP contribution in [0.15, 0.2) is 84.9 Å². The number of carbonyl (C=O) groups is 2. The number of rotatable bonds is 8. The smallest absolute Gasteiger partial charge is 0.269 e. The van der Waals surface area contributed by atoms with Crippen molar-refractivity contribution in [1.29, 1.82) is 0 Å². The highest BCUT2D eigenvalue weighted by Crippen LogP contribution is 2.48. The van der Waals surface area contributed by atoms with Gasteiger partial charge in [-0.3, -0.25) is 19.7 Å². The second kappa shape index (κ2) is 10.9. The number of amides is 1. The predicted octanol–water partition coefficient (Wildman–Crippen LogP) is 5.80. The minimum Gasteiger partial charge on any atom is -0.320 e. The Kier molecular flexibility index (Phi) is 7.44. The number of para-hydroxylation sites is 1. The number of nitrogens with zero attached hydrogens (tertiary/aromatic N) is 3. The molecular formula is C32H34N3O4+. The Morgan fingerprint density at radius 2 is 1.64 bits per heavy atom. The number of Topliss-reactive ketones (excluding diaryl/α,β-unsaturated/α-hetero) is 1. The zero-order chi connectivity index (χ0) is 27.5. The van der Waals surface area contributed by atoms with Gasteiger partial charge in [-0.15, -0.1) is 0 Å². The summed E-state index contributed by atoms with van der Waals surface area (Å²) in [4.78, 5) is 38.0. The van der Waals surface area contributed by atoms with Gasteiger partial charge in [-0.1, -0.05) is 54.6 Å². The number of fused-ring (bicyclic) bond motifs is 2. The number of hydrogen-bond acceptors (Lipinski definition) is 4. The molecule has 2 heterocycles. The summed E-state index contributed by atoms with van der Waals surface area (Å²) in [6, 6.07) is 24.2. The number of quaternary nitrogens is 1. The molecule has 1 spiro atoms. The maximum absolute atomic E-state index is 13.6. The van der Waals surface area contributed by atoms with Crippen LogP contribution in [0.3, 0.4) is 0 Å². The molecule has 7 nitrogen and oxygen atoms in total. The van der Waals surface area contributed by atoms with Gasteiger partial charge < -0.3 is 9.38 Å². The second-order valence-corrected chi connectivity index (χ2v) is 11.0. The van der Waals surface area contributed by atoms with Crippen molar-refractivity contribution in [2.75, 3.05) is 37.6 Å². The number of ketones is 1. The molecule has 39 heavy (non-hydrogen) atoms. The van der Waals surface area contributed by atoms with E-state index in [1.807, 2.05) is 41.3 Å². The van der Waals surface area contributed by atoms with E-state index in [0.29, 0.717) is 18.5 Å². The number of nitro groups is 1. The fourth-order valence-electron chi connectivity index (χ4n) is 6.13. The van der Waals surface area contributed by atoms with E-state index >= 15 is 0 Å². The van der Waals surface area contributed by atoms with Crippen molar-refractivity contribution in [3.05, 3.63) is 112 Å². The van der Waals surface area contributed by atoms with E-state index in [1.165, 1.54) is 35.4 Å². The Morgan fingerprint density at radius 3 is 2.31 bits per heavy atom. The fourth-order valence-corrected chi connectivity index (χ4v) is 6.13. The molecule has 1 saturated heterocycles. The Bertz CT molecular complexity index is 1390. The van der Waals surface area contributed by atoms with Crippen LogP contribution >= 0.6 is 0 Å². The molecule has 0 atom stereocenters. The summed E-state index contributed by atoms with van der Waals surface area (Å²) in [6.45, 7) is 5.80. The van der Waals surface area contributed by atoms with E-state index in [1.54, 1.807) is 6.92 Å². The van der Waals surface area contributed by atoms with Gasteiger partial charge in [0, 0.05) is 48.2 Å². The molecule has 2 aliphatic heterocycles. The Hall–Kier alpha value is -4.10. The van der Waals surface area contributed by atoms with Crippen molar-refractivity contribution in [2.45, 2.75) is 31.6 Å². The van der Waals surface area contributed by atoms with Gasteiger partial charge >= 0.3 is 0 Å². The lowest BCUT2D eigenvalue weighted by atomic mass is 9.73. The maximum Gasteiger partial charge on any atom is 0.269 e. The molecule has 0 aromatic heterocycles. The number of hydrogen-bond donors (Lipinski definition) is 0. The van der Waals surface area contributed by atoms with Crippen molar-refractivity contribution in [2.24, 2.45) is 0 Å². The van der Waals surface area contributed by atoms with Gasteiger partial charge in [0.05, 0.1) is 37.5 Å². The Balaban J connectivity index is 1.37. The molecule has 0 radical (unpaired) electrons. The number of likely N-dealkylation sites (tertiary alicyclic amines) is 1. The quantitative estimate of drug-likeness (QED) is 0.212. The Morgan fingerprint density at radius 1 is 0.974 bits per heavy atom. The molecule has 3 aromatic carbocycles. The summed E-state index contributed by atoms with van der Waals surface area (Å²) >= 11 is 0. The molecule has 0 N–H and O–H groups in total. The number of non-ortho nitro benzene ring substituents is 1. The van der Waals surface area contributed by atoms with Crippen LogP contribution in [0, 0.1) is 10.1 Å². The number of carbonyl (C=O) groups excluding carboxylic acids is 2. The standard InChI is InChI=1S/C32H34N3O4/c1-25(36)17-21-35(20-7-10-26-8-3-2-4-9-26)22-18-32(19-23-35)24-33(30-12-6-5-11-29(30)32)31(37)27-13-15-28(16-14-27)34(38)39/h2-16H,17-24H2,1H3/q+1. The van der Waals surface area contributed by atoms with E-state index in [-0.39, 0.29) is 22.8 Å². The monoisotopic (exact) mass is 524 g/mol. The molecule has 0 bridgehead atoms. The fraction of sp³-hybridized carbons (Fsp3) is 0.312. The van der Waals surface area contributed by atoms with Gasteiger partial charge in [-0.25, -0.2) is 0 Å². The van der Waals surface area contributed by atoms with Gasteiger partial charge in [0.2, 0.25) is 0 Å². The van der Waals surface area contributed by atoms with Crippen LogP contribution in [0.25, 0.3) is 6.08 Å². The average molecular weight is 525 g/mol. The molecule has 200 valence electrons. The largest absolute Gasteiger partial charge is 0.320 e. The number of benzene rings is 3. The van der Waals surface area contributed by atoms with Gasteiger partial charge in [0.1, 0.15) is 5.78 Å². The first kappa shape index (κ1) is 26.5. The molecule has 3 aromatic rings. The lowest BCUT2D eigenvalue weighted by Gasteiger charge is -2.47. The first-order valence-electron chi connectivity index (χ1n) is 13.5. The van der Waals surface area contributed by atoms with Gasteiger partial charge in [-0.2, -0.15) is 0 Å². The van der Waals surface area contributed by atoms with Crippen LogP contribution in [-0.2, 0) is 10.2 Å². The average Bonchev–Trinajstić information content (AvgIpc) is 3.28. The lowest BCUT2D eigenvalue weighted by molar-refractivity contribution is -0.928. The number of anilines is 1. The van der Waals surface area contributed by atoms with Crippen LogP contribution in [0.4, 0.5) is 11.4 Å². The third kappa shape index (κ3) is 5.54. The van der Waals surface area contributed by atoms with Crippen LogP contribution < -0.4 is 4.90 Å². The highest BCUT2D eigenvalue weighted by atomic mass is 16.6. The molecule has 7 heteroatoms.